The van der Waals surface area contributed by atoms with E-state index in [4.69, 9.17) is 9.47 Å². The third-order valence-corrected chi connectivity index (χ3v) is 3.83. The first-order valence-electron chi connectivity index (χ1n) is 6.60. The van der Waals surface area contributed by atoms with Gasteiger partial charge in [-0.15, -0.1) is 10.2 Å². The van der Waals surface area contributed by atoms with E-state index in [-0.39, 0.29) is 5.75 Å². The predicted molar refractivity (Wildman–Crippen MR) is 81.6 cm³/mol. The van der Waals surface area contributed by atoms with Crippen molar-refractivity contribution in [3.63, 3.8) is 0 Å². The average Bonchev–Trinajstić information content (AvgIpc) is 2.89. The van der Waals surface area contributed by atoms with E-state index in [0.717, 1.165) is 10.9 Å². The molecule has 2 rings (SSSR count). The van der Waals surface area contributed by atoms with Crippen molar-refractivity contribution in [1.29, 1.82) is 0 Å². The molecule has 6 nitrogen and oxygen atoms in total. The van der Waals surface area contributed by atoms with Gasteiger partial charge < -0.3 is 14.6 Å². The van der Waals surface area contributed by atoms with Gasteiger partial charge in [0.05, 0.1) is 25.3 Å². The molecule has 2 aromatic rings. The largest absolute Gasteiger partial charge is 0.507 e. The maximum absolute atomic E-state index is 10.00. The zero-order chi connectivity index (χ0) is 15.1. The minimum Gasteiger partial charge on any atom is -0.507 e. The van der Waals surface area contributed by atoms with Crippen LogP contribution in [0, 0.1) is 0 Å². The van der Waals surface area contributed by atoms with E-state index in [2.05, 4.69) is 10.2 Å². The molecule has 0 unspecified atom stereocenters. The van der Waals surface area contributed by atoms with Crippen LogP contribution in [-0.2, 0) is 16.0 Å². The summed E-state index contributed by atoms with van der Waals surface area (Å²) in [5, 5.41) is 19.2. The van der Waals surface area contributed by atoms with E-state index in [1.165, 1.54) is 0 Å². The number of methoxy groups -OCH3 is 2. The van der Waals surface area contributed by atoms with E-state index >= 15 is 0 Å². The van der Waals surface area contributed by atoms with Crippen LogP contribution >= 0.6 is 11.8 Å². The number of hydrogen-bond donors (Lipinski definition) is 1. The number of hydrogen-bond acceptors (Lipinski definition) is 6. The van der Waals surface area contributed by atoms with Crippen LogP contribution in [0.5, 0.6) is 5.75 Å². The average molecular weight is 309 g/mol. The van der Waals surface area contributed by atoms with Crippen molar-refractivity contribution in [2.45, 2.75) is 11.7 Å². The Hall–Kier alpha value is -1.57. The second-order valence-corrected chi connectivity index (χ2v) is 5.37. The summed E-state index contributed by atoms with van der Waals surface area (Å²) in [4.78, 5) is 0. The number of para-hydroxylation sites is 1. The molecule has 1 aromatic carbocycles. The summed E-state index contributed by atoms with van der Waals surface area (Å²) in [6, 6.07) is 7.11. The SMILES string of the molecule is COCCSc1nnc(-c2ccccc2O)n1CCOC. The van der Waals surface area contributed by atoms with Gasteiger partial charge in [-0.3, -0.25) is 4.57 Å². The van der Waals surface area contributed by atoms with Gasteiger partial charge in [0.2, 0.25) is 0 Å². The van der Waals surface area contributed by atoms with Crippen molar-refractivity contribution < 1.29 is 14.6 Å². The smallest absolute Gasteiger partial charge is 0.191 e. The van der Waals surface area contributed by atoms with E-state index in [1.807, 2.05) is 16.7 Å². The van der Waals surface area contributed by atoms with Gasteiger partial charge in [0.25, 0.3) is 0 Å². The van der Waals surface area contributed by atoms with Crippen LogP contribution in [-0.4, -0.2) is 53.1 Å². The Bertz CT molecular complexity index is 574. The van der Waals surface area contributed by atoms with Crippen molar-refractivity contribution in [2.75, 3.05) is 33.2 Å². The van der Waals surface area contributed by atoms with Gasteiger partial charge in [0.1, 0.15) is 5.75 Å². The van der Waals surface area contributed by atoms with Crippen molar-refractivity contribution in [2.24, 2.45) is 0 Å². The molecule has 1 heterocycles. The zero-order valence-electron chi connectivity index (χ0n) is 12.2. The number of aromatic nitrogens is 3. The number of ether oxygens (including phenoxy) is 2. The molecule has 114 valence electrons. The monoisotopic (exact) mass is 309 g/mol. The first-order valence-corrected chi connectivity index (χ1v) is 7.58. The maximum Gasteiger partial charge on any atom is 0.191 e. The summed E-state index contributed by atoms with van der Waals surface area (Å²) in [7, 11) is 3.32. The molecule has 0 amide bonds. The molecule has 0 saturated carbocycles. The maximum atomic E-state index is 10.00. The Morgan fingerprint density at radius 3 is 2.62 bits per heavy atom. The molecule has 21 heavy (non-hydrogen) atoms. The number of phenols is 1. The van der Waals surface area contributed by atoms with Crippen LogP contribution in [0.2, 0.25) is 0 Å². The van der Waals surface area contributed by atoms with Crippen LogP contribution in [0.3, 0.4) is 0 Å². The topological polar surface area (TPSA) is 69.4 Å². The third kappa shape index (κ3) is 3.96. The van der Waals surface area contributed by atoms with E-state index in [1.54, 1.807) is 38.1 Å². The van der Waals surface area contributed by atoms with Gasteiger partial charge in [0, 0.05) is 20.0 Å². The minimum absolute atomic E-state index is 0.192. The van der Waals surface area contributed by atoms with Gasteiger partial charge in [-0.2, -0.15) is 0 Å². The van der Waals surface area contributed by atoms with Crippen LogP contribution in [0.4, 0.5) is 0 Å². The van der Waals surface area contributed by atoms with Gasteiger partial charge >= 0.3 is 0 Å². The fourth-order valence-corrected chi connectivity index (χ4v) is 2.72. The lowest BCUT2D eigenvalue weighted by molar-refractivity contribution is 0.185. The molecule has 0 radical (unpaired) electrons. The lowest BCUT2D eigenvalue weighted by Crippen LogP contribution is -2.08. The Balaban J connectivity index is 2.30. The van der Waals surface area contributed by atoms with Crippen molar-refractivity contribution in [3.8, 4) is 17.1 Å². The molecular weight excluding hydrogens is 290 g/mol. The highest BCUT2D eigenvalue weighted by Crippen LogP contribution is 2.29. The lowest BCUT2D eigenvalue weighted by atomic mass is 10.2. The van der Waals surface area contributed by atoms with Gasteiger partial charge in [-0.05, 0) is 12.1 Å². The van der Waals surface area contributed by atoms with E-state index in [0.29, 0.717) is 31.1 Å². The van der Waals surface area contributed by atoms with Gasteiger partial charge in [-0.1, -0.05) is 23.9 Å². The summed E-state index contributed by atoms with van der Waals surface area (Å²) in [5.74, 6) is 1.63. The summed E-state index contributed by atoms with van der Waals surface area (Å²) >= 11 is 1.57. The molecular formula is C14H19N3O3S. The highest BCUT2D eigenvalue weighted by molar-refractivity contribution is 7.99. The highest BCUT2D eigenvalue weighted by Gasteiger charge is 2.16. The first kappa shape index (κ1) is 15.8. The molecule has 1 N–H and O–H groups in total. The van der Waals surface area contributed by atoms with Crippen LogP contribution in [0.25, 0.3) is 11.4 Å². The molecule has 1 aromatic heterocycles. The molecule has 0 bridgehead atoms. The molecule has 0 aliphatic heterocycles. The lowest BCUT2D eigenvalue weighted by Gasteiger charge is -2.10. The molecule has 0 saturated heterocycles. The van der Waals surface area contributed by atoms with Crippen molar-refractivity contribution in [3.05, 3.63) is 24.3 Å². The molecule has 7 heteroatoms. The predicted octanol–water partition coefficient (Wildman–Crippen LogP) is 2.04. The number of nitrogens with zero attached hydrogens (tertiary/aromatic N) is 3. The Morgan fingerprint density at radius 1 is 1.14 bits per heavy atom. The molecule has 0 aliphatic rings. The van der Waals surface area contributed by atoms with Crippen molar-refractivity contribution >= 4 is 11.8 Å². The molecule has 0 atom stereocenters. The van der Waals surface area contributed by atoms with Crippen LogP contribution in [0.1, 0.15) is 0 Å². The normalized spacial score (nSPS) is 11.0. The fraction of sp³-hybridized carbons (Fsp3) is 0.429. The molecule has 0 aliphatic carbocycles. The Morgan fingerprint density at radius 2 is 1.90 bits per heavy atom. The molecule has 0 fully saturated rings. The van der Waals surface area contributed by atoms with Crippen molar-refractivity contribution in [1.82, 2.24) is 14.8 Å². The number of thioether (sulfide) groups is 1. The molecule has 0 spiro atoms. The number of rotatable bonds is 8. The summed E-state index contributed by atoms with van der Waals surface area (Å²) in [6.45, 7) is 1.83. The van der Waals surface area contributed by atoms with E-state index in [9.17, 15) is 5.11 Å². The summed E-state index contributed by atoms with van der Waals surface area (Å²) in [6.07, 6.45) is 0. The van der Waals surface area contributed by atoms with Crippen LogP contribution in [0.15, 0.2) is 29.4 Å². The van der Waals surface area contributed by atoms with Crippen LogP contribution < -0.4 is 0 Å². The Kier molecular flexibility index (Phi) is 6.04. The summed E-state index contributed by atoms with van der Waals surface area (Å²) in [5.41, 5.74) is 0.666. The quantitative estimate of drug-likeness (QED) is 0.594. The van der Waals surface area contributed by atoms with Gasteiger partial charge in [-0.25, -0.2) is 0 Å². The minimum atomic E-state index is 0.192. The standard InChI is InChI=1S/C14H19N3O3S/c1-19-8-7-17-13(11-5-3-4-6-12(11)18)15-16-14(17)21-10-9-20-2/h3-6,18H,7-10H2,1-2H3. The fourth-order valence-electron chi connectivity index (χ4n) is 1.86. The zero-order valence-corrected chi connectivity index (χ0v) is 13.0. The van der Waals surface area contributed by atoms with E-state index < -0.39 is 0 Å². The third-order valence-electron chi connectivity index (χ3n) is 2.90. The highest BCUT2D eigenvalue weighted by atomic mass is 32.2. The summed E-state index contributed by atoms with van der Waals surface area (Å²) < 4.78 is 12.2. The number of aromatic hydroxyl groups is 1. The Labute approximate surface area is 128 Å². The second-order valence-electron chi connectivity index (χ2n) is 4.31. The number of benzene rings is 1. The second kappa shape index (κ2) is 8.02. The first-order chi connectivity index (χ1) is 10.3. The van der Waals surface area contributed by atoms with Gasteiger partial charge in [0.15, 0.2) is 11.0 Å². The number of phenolic OH excluding ortho intramolecular Hbond substituents is 1.